The van der Waals surface area contributed by atoms with Crippen molar-refractivity contribution in [2.45, 2.75) is 37.8 Å². The van der Waals surface area contributed by atoms with Crippen molar-refractivity contribution in [1.82, 2.24) is 10.0 Å². The van der Waals surface area contributed by atoms with Crippen molar-refractivity contribution in [3.8, 4) is 11.5 Å². The van der Waals surface area contributed by atoms with Gasteiger partial charge < -0.3 is 19.2 Å². The first-order chi connectivity index (χ1) is 13.4. The molecule has 0 radical (unpaired) electrons. The Bertz CT molecular complexity index is 909. The summed E-state index contributed by atoms with van der Waals surface area (Å²) in [5, 5.41) is 2.69. The molecular formula is C19H24N2O6S. The standard InChI is InChI=1S/C19H24N2O6S/c1-13(2)18(19(22)20-12-14-5-3-8-25-14)21-28(23,24)15-6-7-16-17(11-15)27-10-4-9-26-16/h3,5-8,11,13,18,21H,4,9-10,12H2,1-2H3,(H,20,22). The molecule has 9 heteroatoms. The number of fused-ring (bicyclic) bond motifs is 1. The van der Waals surface area contributed by atoms with Crippen LogP contribution in [0.1, 0.15) is 26.0 Å². The van der Waals surface area contributed by atoms with Crippen molar-refractivity contribution in [2.75, 3.05) is 13.2 Å². The molecule has 3 rings (SSSR count). The summed E-state index contributed by atoms with van der Waals surface area (Å²) < 4.78 is 44.5. The zero-order valence-corrected chi connectivity index (χ0v) is 16.6. The number of rotatable bonds is 7. The second-order valence-electron chi connectivity index (χ2n) is 6.80. The van der Waals surface area contributed by atoms with Gasteiger partial charge in [0.1, 0.15) is 11.8 Å². The second-order valence-corrected chi connectivity index (χ2v) is 8.51. The molecule has 1 aromatic heterocycles. The van der Waals surface area contributed by atoms with Crippen LogP contribution in [0.5, 0.6) is 11.5 Å². The quantitative estimate of drug-likeness (QED) is 0.726. The number of amides is 1. The van der Waals surface area contributed by atoms with E-state index in [9.17, 15) is 13.2 Å². The van der Waals surface area contributed by atoms with Crippen LogP contribution in [-0.2, 0) is 21.4 Å². The molecule has 1 atom stereocenters. The van der Waals surface area contributed by atoms with Crippen LogP contribution in [0, 0.1) is 5.92 Å². The summed E-state index contributed by atoms with van der Waals surface area (Å²) in [5.74, 6) is 0.787. The molecule has 0 aliphatic carbocycles. The normalized spacial score (nSPS) is 15.1. The molecule has 0 saturated carbocycles. The van der Waals surface area contributed by atoms with Crippen LogP contribution in [0.3, 0.4) is 0 Å². The van der Waals surface area contributed by atoms with Crippen LogP contribution < -0.4 is 19.5 Å². The van der Waals surface area contributed by atoms with Gasteiger partial charge in [-0.3, -0.25) is 4.79 Å². The van der Waals surface area contributed by atoms with Crippen molar-refractivity contribution in [3.63, 3.8) is 0 Å². The Morgan fingerprint density at radius 3 is 2.57 bits per heavy atom. The highest BCUT2D eigenvalue weighted by Gasteiger charge is 2.29. The maximum absolute atomic E-state index is 12.9. The number of hydrogen-bond donors (Lipinski definition) is 2. The number of sulfonamides is 1. The van der Waals surface area contributed by atoms with Gasteiger partial charge in [-0.25, -0.2) is 8.42 Å². The highest BCUT2D eigenvalue weighted by molar-refractivity contribution is 7.89. The molecule has 0 spiro atoms. The van der Waals surface area contributed by atoms with Crippen molar-refractivity contribution >= 4 is 15.9 Å². The average molecular weight is 408 g/mol. The highest BCUT2D eigenvalue weighted by Crippen LogP contribution is 2.32. The molecule has 0 bridgehead atoms. The van der Waals surface area contributed by atoms with E-state index in [0.717, 1.165) is 6.42 Å². The van der Waals surface area contributed by atoms with Gasteiger partial charge in [-0.1, -0.05) is 13.8 Å². The zero-order chi connectivity index (χ0) is 20.1. The molecule has 1 aliphatic rings. The summed E-state index contributed by atoms with van der Waals surface area (Å²) in [7, 11) is -3.94. The van der Waals surface area contributed by atoms with Gasteiger partial charge >= 0.3 is 0 Å². The molecule has 2 heterocycles. The Morgan fingerprint density at radius 1 is 1.14 bits per heavy atom. The van der Waals surface area contributed by atoms with E-state index in [1.165, 1.54) is 18.4 Å². The third-order valence-corrected chi connectivity index (χ3v) is 5.72. The molecule has 2 aromatic rings. The lowest BCUT2D eigenvalue weighted by molar-refractivity contribution is -0.123. The average Bonchev–Trinajstić information content (AvgIpc) is 3.07. The van der Waals surface area contributed by atoms with Gasteiger partial charge in [0, 0.05) is 12.5 Å². The predicted molar refractivity (Wildman–Crippen MR) is 102 cm³/mol. The van der Waals surface area contributed by atoms with E-state index >= 15 is 0 Å². The number of ether oxygens (including phenoxy) is 2. The monoisotopic (exact) mass is 408 g/mol. The fourth-order valence-electron chi connectivity index (χ4n) is 2.74. The minimum Gasteiger partial charge on any atom is -0.490 e. The minimum atomic E-state index is -3.94. The molecule has 1 aromatic carbocycles. The summed E-state index contributed by atoms with van der Waals surface area (Å²) in [6.45, 7) is 4.69. The van der Waals surface area contributed by atoms with E-state index in [2.05, 4.69) is 10.0 Å². The molecule has 1 unspecified atom stereocenters. The smallest absolute Gasteiger partial charge is 0.241 e. The summed E-state index contributed by atoms with van der Waals surface area (Å²) in [5.41, 5.74) is 0. The molecule has 0 fully saturated rings. The molecule has 1 amide bonds. The van der Waals surface area contributed by atoms with Crippen LogP contribution in [0.2, 0.25) is 0 Å². The van der Waals surface area contributed by atoms with Gasteiger partial charge in [-0.2, -0.15) is 4.72 Å². The lowest BCUT2D eigenvalue weighted by atomic mass is 10.1. The number of nitrogens with one attached hydrogen (secondary N) is 2. The van der Waals surface area contributed by atoms with E-state index < -0.39 is 22.0 Å². The summed E-state index contributed by atoms with van der Waals surface area (Å²) in [4.78, 5) is 12.6. The first-order valence-corrected chi connectivity index (χ1v) is 10.6. The molecule has 8 nitrogen and oxygen atoms in total. The predicted octanol–water partition coefficient (Wildman–Crippen LogP) is 2.06. The lowest BCUT2D eigenvalue weighted by Crippen LogP contribution is -2.49. The molecular weight excluding hydrogens is 384 g/mol. The fourth-order valence-corrected chi connectivity index (χ4v) is 4.09. The first-order valence-electron chi connectivity index (χ1n) is 9.09. The van der Waals surface area contributed by atoms with Gasteiger partial charge in [0.05, 0.1) is 30.9 Å². The van der Waals surface area contributed by atoms with Gasteiger partial charge in [0.2, 0.25) is 15.9 Å². The molecule has 1 aliphatic heterocycles. The highest BCUT2D eigenvalue weighted by atomic mass is 32.2. The SMILES string of the molecule is CC(C)C(NS(=O)(=O)c1ccc2c(c1)OCCCO2)C(=O)NCc1ccco1. The van der Waals surface area contributed by atoms with Crippen LogP contribution >= 0.6 is 0 Å². The summed E-state index contributed by atoms with van der Waals surface area (Å²) in [6, 6.07) is 6.93. The third kappa shape index (κ3) is 4.85. The Labute approximate surface area is 164 Å². The van der Waals surface area contributed by atoms with Crippen LogP contribution in [0.4, 0.5) is 0 Å². The maximum Gasteiger partial charge on any atom is 0.241 e. The first kappa shape index (κ1) is 20.2. The Morgan fingerprint density at radius 2 is 1.89 bits per heavy atom. The lowest BCUT2D eigenvalue weighted by Gasteiger charge is -2.21. The molecule has 152 valence electrons. The number of furan rings is 1. The van der Waals surface area contributed by atoms with E-state index in [1.54, 1.807) is 32.0 Å². The van der Waals surface area contributed by atoms with Crippen molar-refractivity contribution in [2.24, 2.45) is 5.92 Å². The van der Waals surface area contributed by atoms with Gasteiger partial charge in [-0.05, 0) is 30.2 Å². The number of benzene rings is 1. The van der Waals surface area contributed by atoms with Crippen molar-refractivity contribution in [3.05, 3.63) is 42.4 Å². The van der Waals surface area contributed by atoms with Crippen LogP contribution in [0.25, 0.3) is 0 Å². The number of carbonyl (C=O) groups excluding carboxylic acids is 1. The minimum absolute atomic E-state index is 0.0150. The van der Waals surface area contributed by atoms with Crippen LogP contribution in [-0.4, -0.2) is 33.6 Å². The number of hydrogen-bond acceptors (Lipinski definition) is 6. The summed E-state index contributed by atoms with van der Waals surface area (Å²) in [6.07, 6.45) is 2.23. The fraction of sp³-hybridized carbons (Fsp3) is 0.421. The second kappa shape index (κ2) is 8.66. The third-order valence-electron chi connectivity index (χ3n) is 4.28. The molecule has 2 N–H and O–H groups in total. The van der Waals surface area contributed by atoms with Gasteiger partial charge in [0.15, 0.2) is 11.5 Å². The molecule has 0 saturated heterocycles. The summed E-state index contributed by atoms with van der Waals surface area (Å²) >= 11 is 0. The number of carbonyl (C=O) groups is 1. The largest absolute Gasteiger partial charge is 0.490 e. The van der Waals surface area contributed by atoms with Gasteiger partial charge in [0.25, 0.3) is 0 Å². The van der Waals surface area contributed by atoms with Crippen molar-refractivity contribution < 1.29 is 27.1 Å². The van der Waals surface area contributed by atoms with E-state index in [1.807, 2.05) is 0 Å². The van der Waals surface area contributed by atoms with E-state index in [4.69, 9.17) is 13.9 Å². The molecule has 28 heavy (non-hydrogen) atoms. The van der Waals surface area contributed by atoms with Crippen molar-refractivity contribution in [1.29, 1.82) is 0 Å². The zero-order valence-electron chi connectivity index (χ0n) is 15.8. The Balaban J connectivity index is 1.74. The Kier molecular flexibility index (Phi) is 6.25. The van der Waals surface area contributed by atoms with Gasteiger partial charge in [-0.15, -0.1) is 0 Å². The van der Waals surface area contributed by atoms with E-state index in [-0.39, 0.29) is 17.4 Å². The maximum atomic E-state index is 12.9. The van der Waals surface area contributed by atoms with E-state index in [0.29, 0.717) is 30.5 Å². The topological polar surface area (TPSA) is 107 Å². The van der Waals surface area contributed by atoms with Crippen LogP contribution in [0.15, 0.2) is 45.9 Å². The Hall–Kier alpha value is -2.52.